The molecule has 10 heteroatoms. The molecular formula is C24H17FN4O4S. The number of ether oxygens (including phenoxy) is 1. The van der Waals surface area contributed by atoms with E-state index in [0.29, 0.717) is 35.6 Å². The number of nitrogens with zero attached hydrogens (tertiary/aromatic N) is 3. The maximum absolute atomic E-state index is 13.4. The number of aryl methyl sites for hydroxylation is 1. The number of hydrogen-bond acceptors (Lipinski definition) is 7. The lowest BCUT2D eigenvalue weighted by Crippen LogP contribution is -2.20. The number of amides is 1. The molecule has 170 valence electrons. The number of fused-ring (bicyclic) bond motifs is 1. The number of rotatable bonds is 6. The van der Waals surface area contributed by atoms with E-state index in [9.17, 15) is 18.8 Å². The third kappa shape index (κ3) is 4.35. The summed E-state index contributed by atoms with van der Waals surface area (Å²) in [6, 6.07) is 14.2. The first-order valence-corrected chi connectivity index (χ1v) is 11.3. The van der Waals surface area contributed by atoms with Gasteiger partial charge in [0.15, 0.2) is 18.2 Å². The van der Waals surface area contributed by atoms with Gasteiger partial charge in [0, 0.05) is 17.7 Å². The highest BCUT2D eigenvalue weighted by Gasteiger charge is 2.22. The minimum atomic E-state index is -0.850. The SMILES string of the molecule is O=C1CCc2cc(C(=O)COC(=O)c3nc(-c4cccs4)n(-c4ccc(F)cc4)n3)ccc2N1. The highest BCUT2D eigenvalue weighted by atomic mass is 32.1. The Hall–Kier alpha value is -4.18. The fourth-order valence-electron chi connectivity index (χ4n) is 3.56. The number of carbonyl (C=O) groups excluding carboxylic acids is 3. The summed E-state index contributed by atoms with van der Waals surface area (Å²) in [5.74, 6) is -1.51. The molecular weight excluding hydrogens is 459 g/mol. The Balaban J connectivity index is 1.34. The van der Waals surface area contributed by atoms with Gasteiger partial charge in [-0.1, -0.05) is 6.07 Å². The number of halogens is 1. The fraction of sp³-hybridized carbons (Fsp3) is 0.125. The number of nitrogens with one attached hydrogen (secondary N) is 1. The molecule has 0 atom stereocenters. The van der Waals surface area contributed by atoms with Crippen molar-refractivity contribution < 1.29 is 23.5 Å². The van der Waals surface area contributed by atoms with Crippen molar-refractivity contribution in [2.24, 2.45) is 0 Å². The summed E-state index contributed by atoms with van der Waals surface area (Å²) in [6.07, 6.45) is 0.896. The van der Waals surface area contributed by atoms with Crippen LogP contribution in [-0.2, 0) is 16.0 Å². The minimum Gasteiger partial charge on any atom is -0.451 e. The summed E-state index contributed by atoms with van der Waals surface area (Å²) in [6.45, 7) is -0.483. The van der Waals surface area contributed by atoms with Gasteiger partial charge in [0.1, 0.15) is 5.82 Å². The van der Waals surface area contributed by atoms with E-state index in [0.717, 1.165) is 10.4 Å². The van der Waals surface area contributed by atoms with Crippen LogP contribution in [0.25, 0.3) is 16.4 Å². The Labute approximate surface area is 197 Å². The topological polar surface area (TPSA) is 103 Å². The van der Waals surface area contributed by atoms with Crippen molar-refractivity contribution in [1.29, 1.82) is 0 Å². The Bertz CT molecular complexity index is 1400. The fourth-order valence-corrected chi connectivity index (χ4v) is 4.26. The van der Waals surface area contributed by atoms with Crippen LogP contribution in [0.1, 0.15) is 33.0 Å². The summed E-state index contributed by atoms with van der Waals surface area (Å²) < 4.78 is 20.0. The molecule has 34 heavy (non-hydrogen) atoms. The van der Waals surface area contributed by atoms with E-state index in [1.165, 1.54) is 40.3 Å². The van der Waals surface area contributed by atoms with Crippen LogP contribution in [0.15, 0.2) is 60.0 Å². The predicted molar refractivity (Wildman–Crippen MR) is 123 cm³/mol. The highest BCUT2D eigenvalue weighted by molar-refractivity contribution is 7.13. The summed E-state index contributed by atoms with van der Waals surface area (Å²) >= 11 is 1.41. The number of carbonyl (C=O) groups is 3. The van der Waals surface area contributed by atoms with Gasteiger partial charge in [-0.3, -0.25) is 9.59 Å². The van der Waals surface area contributed by atoms with Gasteiger partial charge in [0.25, 0.3) is 5.82 Å². The van der Waals surface area contributed by atoms with Crippen LogP contribution in [0.4, 0.5) is 10.1 Å². The zero-order valence-electron chi connectivity index (χ0n) is 17.7. The van der Waals surface area contributed by atoms with Gasteiger partial charge >= 0.3 is 5.97 Å². The Morgan fingerprint density at radius 3 is 2.71 bits per heavy atom. The van der Waals surface area contributed by atoms with E-state index >= 15 is 0 Å². The molecule has 1 amide bonds. The van der Waals surface area contributed by atoms with Gasteiger partial charge in [-0.15, -0.1) is 16.4 Å². The molecule has 1 N–H and O–H groups in total. The van der Waals surface area contributed by atoms with Crippen molar-refractivity contribution in [1.82, 2.24) is 14.8 Å². The van der Waals surface area contributed by atoms with E-state index in [-0.39, 0.29) is 17.5 Å². The maximum Gasteiger partial charge on any atom is 0.378 e. The number of Topliss-reactive ketones (excluding diaryl/α,β-unsaturated/α-hetero) is 1. The summed E-state index contributed by atoms with van der Waals surface area (Å²) in [5, 5.41) is 8.87. The van der Waals surface area contributed by atoms with E-state index in [1.807, 2.05) is 17.5 Å². The molecule has 0 saturated heterocycles. The van der Waals surface area contributed by atoms with Crippen LogP contribution < -0.4 is 5.32 Å². The first-order chi connectivity index (χ1) is 16.5. The first kappa shape index (κ1) is 21.7. The number of benzene rings is 2. The van der Waals surface area contributed by atoms with Crippen LogP contribution in [0, 0.1) is 5.82 Å². The maximum atomic E-state index is 13.4. The molecule has 3 heterocycles. The largest absolute Gasteiger partial charge is 0.451 e. The third-order valence-corrected chi connectivity index (χ3v) is 6.13. The summed E-state index contributed by atoms with van der Waals surface area (Å²) in [7, 11) is 0. The number of hydrogen-bond donors (Lipinski definition) is 1. The van der Waals surface area contributed by atoms with Gasteiger partial charge in [-0.05, 0) is 65.9 Å². The standard InChI is InChI=1S/C24H17FN4O4S/c25-16-5-7-17(8-6-16)29-23(20-2-1-11-34-20)27-22(28-29)24(32)33-13-19(30)15-3-9-18-14(12-15)4-10-21(31)26-18/h1-3,5-9,11-12H,4,10,13H2,(H,26,31). The second kappa shape index (κ2) is 8.99. The number of esters is 1. The highest BCUT2D eigenvalue weighted by Crippen LogP contribution is 2.26. The van der Waals surface area contributed by atoms with Crippen molar-refractivity contribution in [3.05, 3.63) is 82.7 Å². The van der Waals surface area contributed by atoms with Gasteiger partial charge < -0.3 is 10.1 Å². The normalized spacial score (nSPS) is 12.7. The van der Waals surface area contributed by atoms with E-state index in [1.54, 1.807) is 18.2 Å². The first-order valence-electron chi connectivity index (χ1n) is 10.4. The number of thiophene rings is 1. The third-order valence-electron chi connectivity index (χ3n) is 5.26. The van der Waals surface area contributed by atoms with Gasteiger partial charge in [0.05, 0.1) is 10.6 Å². The molecule has 1 aliphatic rings. The summed E-state index contributed by atoms with van der Waals surface area (Å²) in [5.41, 5.74) is 2.44. The second-order valence-corrected chi connectivity index (χ2v) is 8.49. The molecule has 8 nitrogen and oxygen atoms in total. The molecule has 0 radical (unpaired) electrons. The lowest BCUT2D eigenvalue weighted by molar-refractivity contribution is -0.116. The van der Waals surface area contributed by atoms with Crippen molar-refractivity contribution in [2.45, 2.75) is 12.8 Å². The minimum absolute atomic E-state index is 0.0602. The molecule has 0 fully saturated rings. The lowest BCUT2D eigenvalue weighted by Gasteiger charge is -2.17. The quantitative estimate of drug-likeness (QED) is 0.333. The number of aromatic nitrogens is 3. The van der Waals surface area contributed by atoms with E-state index in [2.05, 4.69) is 15.4 Å². The van der Waals surface area contributed by atoms with Gasteiger partial charge in [0.2, 0.25) is 5.91 Å². The Kier molecular flexibility index (Phi) is 5.72. The average Bonchev–Trinajstić information content (AvgIpc) is 3.53. The predicted octanol–water partition coefficient (Wildman–Crippen LogP) is 4.06. The number of anilines is 1. The molecule has 0 aliphatic carbocycles. The zero-order valence-corrected chi connectivity index (χ0v) is 18.5. The van der Waals surface area contributed by atoms with Gasteiger partial charge in [-0.2, -0.15) is 4.98 Å². The van der Waals surface area contributed by atoms with Crippen LogP contribution in [0.3, 0.4) is 0 Å². The molecule has 0 saturated carbocycles. The van der Waals surface area contributed by atoms with Crippen molar-refractivity contribution in [2.75, 3.05) is 11.9 Å². The van der Waals surface area contributed by atoms with Crippen LogP contribution in [0.5, 0.6) is 0 Å². The van der Waals surface area contributed by atoms with E-state index < -0.39 is 18.4 Å². The number of ketones is 1. The van der Waals surface area contributed by atoms with Crippen LogP contribution in [0.2, 0.25) is 0 Å². The monoisotopic (exact) mass is 476 g/mol. The van der Waals surface area contributed by atoms with Crippen molar-refractivity contribution in [3.8, 4) is 16.4 Å². The van der Waals surface area contributed by atoms with Crippen molar-refractivity contribution in [3.63, 3.8) is 0 Å². The smallest absolute Gasteiger partial charge is 0.378 e. The Morgan fingerprint density at radius 2 is 1.94 bits per heavy atom. The van der Waals surface area contributed by atoms with E-state index in [4.69, 9.17) is 4.74 Å². The molecule has 1 aliphatic heterocycles. The molecule has 5 rings (SSSR count). The molecule has 2 aromatic carbocycles. The van der Waals surface area contributed by atoms with Crippen LogP contribution in [-0.4, -0.2) is 39.0 Å². The van der Waals surface area contributed by atoms with Gasteiger partial charge in [-0.25, -0.2) is 13.9 Å². The zero-order chi connectivity index (χ0) is 23.7. The Morgan fingerprint density at radius 1 is 1.12 bits per heavy atom. The molecule has 0 spiro atoms. The molecule has 4 aromatic rings. The molecule has 0 unspecified atom stereocenters. The summed E-state index contributed by atoms with van der Waals surface area (Å²) in [4.78, 5) is 41.8. The van der Waals surface area contributed by atoms with Crippen LogP contribution >= 0.6 is 11.3 Å². The molecule has 0 bridgehead atoms. The van der Waals surface area contributed by atoms with Crippen molar-refractivity contribution >= 4 is 34.7 Å². The lowest BCUT2D eigenvalue weighted by atomic mass is 9.99. The second-order valence-electron chi connectivity index (χ2n) is 7.54. The average molecular weight is 476 g/mol. The molecule has 2 aromatic heterocycles.